The van der Waals surface area contributed by atoms with Crippen LogP contribution in [0.4, 0.5) is 34.1 Å². The summed E-state index contributed by atoms with van der Waals surface area (Å²) in [6, 6.07) is 88.7. The van der Waals surface area contributed by atoms with Crippen molar-refractivity contribution >= 4 is 98.8 Å². The molecule has 2 heteroatoms. The highest BCUT2D eigenvalue weighted by atomic mass is 15.1. The van der Waals surface area contributed by atoms with Crippen molar-refractivity contribution in [3.8, 4) is 11.1 Å². The van der Waals surface area contributed by atoms with E-state index < -0.39 is 0 Å². The zero-order valence-corrected chi connectivity index (χ0v) is 34.0. The molecular weight excluding hydrogens is 749 g/mol. The van der Waals surface area contributed by atoms with Gasteiger partial charge in [0.2, 0.25) is 0 Å². The Balaban J connectivity index is 1.06. The van der Waals surface area contributed by atoms with E-state index in [0.717, 1.165) is 34.1 Å². The van der Waals surface area contributed by atoms with Crippen molar-refractivity contribution < 1.29 is 0 Å². The second-order valence-corrected chi connectivity index (χ2v) is 16.2. The lowest BCUT2D eigenvalue weighted by atomic mass is 9.89. The first-order valence-corrected chi connectivity index (χ1v) is 21.3. The molecule has 62 heavy (non-hydrogen) atoms. The lowest BCUT2D eigenvalue weighted by Gasteiger charge is -2.28. The number of nitrogens with zero attached hydrogens (tertiary/aromatic N) is 2. The second kappa shape index (κ2) is 14.8. The van der Waals surface area contributed by atoms with E-state index in [1.54, 1.807) is 0 Å². The molecular formula is C60H40N2. The van der Waals surface area contributed by atoms with E-state index >= 15 is 0 Å². The Kier molecular flexibility index (Phi) is 8.53. The van der Waals surface area contributed by atoms with Crippen LogP contribution in [-0.2, 0) is 0 Å². The molecule has 12 rings (SSSR count). The molecule has 0 bridgehead atoms. The second-order valence-electron chi connectivity index (χ2n) is 16.2. The molecule has 0 N–H and O–H groups in total. The van der Waals surface area contributed by atoms with E-state index in [9.17, 15) is 0 Å². The van der Waals surface area contributed by atoms with E-state index in [-0.39, 0.29) is 0 Å². The van der Waals surface area contributed by atoms with Crippen LogP contribution in [0.2, 0.25) is 0 Å². The third kappa shape index (κ3) is 6.12. The first kappa shape index (κ1) is 35.7. The molecule has 0 saturated heterocycles. The maximum Gasteiger partial charge on any atom is 0.0546 e. The summed E-state index contributed by atoms with van der Waals surface area (Å²) >= 11 is 0. The van der Waals surface area contributed by atoms with Gasteiger partial charge in [-0.2, -0.15) is 0 Å². The molecule has 0 spiro atoms. The van der Waals surface area contributed by atoms with Gasteiger partial charge in [0.05, 0.1) is 5.69 Å². The van der Waals surface area contributed by atoms with Gasteiger partial charge in [-0.05, 0) is 149 Å². The van der Waals surface area contributed by atoms with Gasteiger partial charge in [-0.25, -0.2) is 0 Å². The summed E-state index contributed by atoms with van der Waals surface area (Å²) in [5.41, 5.74) is 9.19. The summed E-state index contributed by atoms with van der Waals surface area (Å²) < 4.78 is 0. The topological polar surface area (TPSA) is 6.48 Å². The number of rotatable bonds is 7. The van der Waals surface area contributed by atoms with Gasteiger partial charge in [0, 0.05) is 33.8 Å². The normalized spacial score (nSPS) is 11.5. The molecule has 12 aromatic carbocycles. The summed E-state index contributed by atoms with van der Waals surface area (Å²) in [6.45, 7) is 0. The highest BCUT2D eigenvalue weighted by Crippen LogP contribution is 2.47. The number of anilines is 6. The van der Waals surface area contributed by atoms with Gasteiger partial charge in [0.25, 0.3) is 0 Å². The summed E-state index contributed by atoms with van der Waals surface area (Å²) in [6.07, 6.45) is 0. The first-order valence-electron chi connectivity index (χ1n) is 21.3. The van der Waals surface area contributed by atoms with Gasteiger partial charge in [-0.1, -0.05) is 164 Å². The molecule has 12 aromatic rings. The first-order chi connectivity index (χ1) is 30.7. The number of hydrogen-bond donors (Lipinski definition) is 0. The third-order valence-electron chi connectivity index (χ3n) is 12.5. The average Bonchev–Trinajstić information content (AvgIpc) is 3.34. The fraction of sp³-hybridized carbons (Fsp3) is 0. The van der Waals surface area contributed by atoms with Crippen LogP contribution in [0.1, 0.15) is 0 Å². The highest BCUT2D eigenvalue weighted by Gasteiger charge is 2.21. The monoisotopic (exact) mass is 788 g/mol. The van der Waals surface area contributed by atoms with Gasteiger partial charge in [0.1, 0.15) is 0 Å². The molecule has 290 valence electrons. The average molecular weight is 789 g/mol. The van der Waals surface area contributed by atoms with E-state index in [0.29, 0.717) is 0 Å². The van der Waals surface area contributed by atoms with E-state index in [4.69, 9.17) is 0 Å². The Morgan fingerprint density at radius 2 is 0.645 bits per heavy atom. The Labute approximate surface area is 360 Å². The van der Waals surface area contributed by atoms with Crippen LogP contribution in [-0.4, -0.2) is 0 Å². The Morgan fingerprint density at radius 1 is 0.226 bits per heavy atom. The molecule has 0 aliphatic rings. The number of fused-ring (bicyclic) bond motifs is 8. The molecule has 0 aromatic heterocycles. The fourth-order valence-electron chi connectivity index (χ4n) is 9.58. The lowest BCUT2D eigenvalue weighted by Crippen LogP contribution is -2.10. The molecule has 0 aliphatic carbocycles. The summed E-state index contributed by atoms with van der Waals surface area (Å²) in [4.78, 5) is 4.78. The van der Waals surface area contributed by atoms with Gasteiger partial charge in [0.15, 0.2) is 0 Å². The van der Waals surface area contributed by atoms with Crippen LogP contribution in [0.25, 0.3) is 75.8 Å². The van der Waals surface area contributed by atoms with Crippen molar-refractivity contribution in [2.24, 2.45) is 0 Å². The van der Waals surface area contributed by atoms with Crippen LogP contribution >= 0.6 is 0 Å². The lowest BCUT2D eigenvalue weighted by molar-refractivity contribution is 1.29. The highest BCUT2D eigenvalue weighted by molar-refractivity contribution is 6.26. The standard InChI is InChI=1S/C60H40N2/c1-3-19-49(20-4-1)61(50-21-5-2-6-22-50)51-34-31-45-35-47(28-27-46(45)38-51)58-39-48-40-59(55-24-12-14-26-57(55)60(48)56-25-13-11-23-54(56)58)62(52-32-29-41-15-7-9-17-43(41)36-52)53-33-30-42-16-8-10-18-44(42)37-53/h1-40H. The van der Waals surface area contributed by atoms with Crippen molar-refractivity contribution in [3.63, 3.8) is 0 Å². The van der Waals surface area contributed by atoms with Crippen LogP contribution in [0.15, 0.2) is 243 Å². The molecule has 0 amide bonds. The minimum atomic E-state index is 1.12. The van der Waals surface area contributed by atoms with Crippen LogP contribution in [0.5, 0.6) is 0 Å². The Bertz CT molecular complexity index is 3530. The molecule has 0 saturated carbocycles. The summed E-state index contributed by atoms with van der Waals surface area (Å²) in [5.74, 6) is 0. The quantitative estimate of drug-likeness (QED) is 0.148. The summed E-state index contributed by atoms with van der Waals surface area (Å²) in [5, 5.41) is 14.7. The van der Waals surface area contributed by atoms with E-state index in [2.05, 4.69) is 252 Å². The SMILES string of the molecule is c1ccc(N(c2ccccc2)c2ccc3cc(-c4cc5cc(N(c6ccc7ccccc7c6)c6ccc7ccccc7c6)c6ccccc6c5c5ccccc45)ccc3c2)cc1. The maximum absolute atomic E-state index is 2.46. The van der Waals surface area contributed by atoms with Crippen LogP contribution in [0, 0.1) is 0 Å². The van der Waals surface area contributed by atoms with Crippen molar-refractivity contribution in [1.82, 2.24) is 0 Å². The third-order valence-corrected chi connectivity index (χ3v) is 12.5. The van der Waals surface area contributed by atoms with E-state index in [1.165, 1.54) is 75.8 Å². The fourth-order valence-corrected chi connectivity index (χ4v) is 9.58. The predicted molar refractivity (Wildman–Crippen MR) is 266 cm³/mol. The molecule has 0 unspecified atom stereocenters. The zero-order valence-electron chi connectivity index (χ0n) is 34.0. The maximum atomic E-state index is 2.46. The van der Waals surface area contributed by atoms with E-state index in [1.807, 2.05) is 0 Å². The molecule has 0 heterocycles. The van der Waals surface area contributed by atoms with Gasteiger partial charge in [-0.3, -0.25) is 0 Å². The van der Waals surface area contributed by atoms with Gasteiger partial charge in [-0.15, -0.1) is 0 Å². The molecule has 2 nitrogen and oxygen atoms in total. The zero-order chi connectivity index (χ0) is 41.0. The van der Waals surface area contributed by atoms with Crippen molar-refractivity contribution in [3.05, 3.63) is 243 Å². The minimum absolute atomic E-state index is 1.12. The van der Waals surface area contributed by atoms with Gasteiger partial charge < -0.3 is 9.80 Å². The molecule has 0 fully saturated rings. The summed E-state index contributed by atoms with van der Waals surface area (Å²) in [7, 11) is 0. The van der Waals surface area contributed by atoms with Crippen molar-refractivity contribution in [2.75, 3.05) is 9.80 Å². The number of para-hydroxylation sites is 2. The minimum Gasteiger partial charge on any atom is -0.310 e. The van der Waals surface area contributed by atoms with Crippen LogP contribution in [0.3, 0.4) is 0 Å². The smallest absolute Gasteiger partial charge is 0.0546 e. The Hall–Kier alpha value is -8.20. The van der Waals surface area contributed by atoms with Crippen molar-refractivity contribution in [1.29, 1.82) is 0 Å². The van der Waals surface area contributed by atoms with Crippen LogP contribution < -0.4 is 9.80 Å². The van der Waals surface area contributed by atoms with Crippen molar-refractivity contribution in [2.45, 2.75) is 0 Å². The molecule has 0 atom stereocenters. The van der Waals surface area contributed by atoms with Gasteiger partial charge >= 0.3 is 0 Å². The Morgan fingerprint density at radius 3 is 1.24 bits per heavy atom. The molecule has 0 aliphatic heterocycles. The number of benzene rings is 12. The number of hydrogen-bond acceptors (Lipinski definition) is 2. The predicted octanol–water partition coefficient (Wildman–Crippen LogP) is 17.2. The molecule has 0 radical (unpaired) electrons. The largest absolute Gasteiger partial charge is 0.310 e.